The molecule has 1 aliphatic carbocycles. The minimum absolute atomic E-state index is 0.196. The lowest BCUT2D eigenvalue weighted by Gasteiger charge is -2.27. The Bertz CT molecular complexity index is 370. The Morgan fingerprint density at radius 2 is 1.94 bits per heavy atom. The van der Waals surface area contributed by atoms with Crippen molar-refractivity contribution in [3.63, 3.8) is 0 Å². The number of aromatic hydroxyl groups is 1. The number of anilines is 1. The molecule has 0 atom stereocenters. The molecule has 3 heteroatoms. The van der Waals surface area contributed by atoms with Crippen LogP contribution in [0.3, 0.4) is 0 Å². The van der Waals surface area contributed by atoms with E-state index < -0.39 is 0 Å². The number of phenolic OH excluding ortho intramolecular Hbond substituents is 1. The minimum Gasteiger partial charge on any atom is -0.504 e. The second-order valence-corrected chi connectivity index (χ2v) is 4.99. The van der Waals surface area contributed by atoms with Crippen LogP contribution < -0.4 is 10.1 Å². The zero-order chi connectivity index (χ0) is 12.3. The SMILES string of the molecule is COc1ccc(NC2CCC(C)CC2)cc1O. The van der Waals surface area contributed by atoms with Gasteiger partial charge in [0.15, 0.2) is 11.5 Å². The molecule has 0 heterocycles. The van der Waals surface area contributed by atoms with Crippen LogP contribution in [-0.2, 0) is 0 Å². The highest BCUT2D eigenvalue weighted by molar-refractivity contribution is 5.54. The van der Waals surface area contributed by atoms with Crippen molar-refractivity contribution >= 4 is 5.69 Å². The van der Waals surface area contributed by atoms with E-state index in [2.05, 4.69) is 12.2 Å². The first kappa shape index (κ1) is 12.1. The average molecular weight is 235 g/mol. The lowest BCUT2D eigenvalue weighted by Crippen LogP contribution is -2.25. The van der Waals surface area contributed by atoms with Crippen LogP contribution in [0.4, 0.5) is 5.69 Å². The second-order valence-electron chi connectivity index (χ2n) is 4.99. The summed E-state index contributed by atoms with van der Waals surface area (Å²) < 4.78 is 5.03. The molecule has 17 heavy (non-hydrogen) atoms. The molecule has 1 aliphatic rings. The summed E-state index contributed by atoms with van der Waals surface area (Å²) in [6, 6.07) is 6.02. The number of nitrogens with one attached hydrogen (secondary N) is 1. The summed E-state index contributed by atoms with van der Waals surface area (Å²) in [5, 5.41) is 13.2. The molecule has 0 bridgehead atoms. The van der Waals surface area contributed by atoms with Crippen LogP contribution in [0.15, 0.2) is 18.2 Å². The van der Waals surface area contributed by atoms with Crippen LogP contribution >= 0.6 is 0 Å². The maximum absolute atomic E-state index is 9.70. The lowest BCUT2D eigenvalue weighted by molar-refractivity contribution is 0.360. The third-order valence-corrected chi connectivity index (χ3v) is 3.57. The summed E-state index contributed by atoms with van der Waals surface area (Å²) in [7, 11) is 1.56. The Balaban J connectivity index is 1.97. The standard InChI is InChI=1S/C14H21NO2/c1-10-3-5-11(6-4-10)15-12-7-8-14(17-2)13(16)9-12/h7-11,15-16H,3-6H2,1-2H3. The Labute approximate surface area is 103 Å². The molecule has 1 aromatic rings. The third kappa shape index (κ3) is 3.05. The molecule has 1 fully saturated rings. The highest BCUT2D eigenvalue weighted by atomic mass is 16.5. The van der Waals surface area contributed by atoms with Crippen LogP contribution in [0.2, 0.25) is 0 Å². The molecule has 3 nitrogen and oxygen atoms in total. The summed E-state index contributed by atoms with van der Waals surface area (Å²) in [6.07, 6.45) is 5.02. The van der Waals surface area contributed by atoms with Crippen LogP contribution in [0, 0.1) is 5.92 Å². The zero-order valence-corrected chi connectivity index (χ0v) is 10.6. The van der Waals surface area contributed by atoms with Gasteiger partial charge in [0.1, 0.15) is 0 Å². The number of methoxy groups -OCH3 is 1. The van der Waals surface area contributed by atoms with E-state index in [0.717, 1.165) is 11.6 Å². The van der Waals surface area contributed by atoms with Gasteiger partial charge in [-0.1, -0.05) is 6.92 Å². The van der Waals surface area contributed by atoms with Gasteiger partial charge in [-0.2, -0.15) is 0 Å². The van der Waals surface area contributed by atoms with Crippen molar-refractivity contribution in [2.24, 2.45) is 5.92 Å². The number of hydrogen-bond donors (Lipinski definition) is 2. The molecular formula is C14H21NO2. The van der Waals surface area contributed by atoms with Gasteiger partial charge in [0.25, 0.3) is 0 Å². The van der Waals surface area contributed by atoms with Crippen LogP contribution in [0.1, 0.15) is 32.6 Å². The van der Waals surface area contributed by atoms with Gasteiger partial charge in [0.2, 0.25) is 0 Å². The maximum atomic E-state index is 9.70. The van der Waals surface area contributed by atoms with E-state index in [1.54, 1.807) is 19.2 Å². The van der Waals surface area contributed by atoms with Crippen molar-refractivity contribution in [1.82, 2.24) is 0 Å². The largest absolute Gasteiger partial charge is 0.504 e. The van der Waals surface area contributed by atoms with Gasteiger partial charge in [0, 0.05) is 17.8 Å². The normalized spacial score (nSPS) is 24.4. The van der Waals surface area contributed by atoms with Gasteiger partial charge in [-0.05, 0) is 43.7 Å². The Kier molecular flexibility index (Phi) is 3.77. The van der Waals surface area contributed by atoms with E-state index in [1.165, 1.54) is 25.7 Å². The number of phenols is 1. The quantitative estimate of drug-likeness (QED) is 0.843. The van der Waals surface area contributed by atoms with E-state index in [0.29, 0.717) is 11.8 Å². The number of benzene rings is 1. The zero-order valence-electron chi connectivity index (χ0n) is 10.6. The van der Waals surface area contributed by atoms with E-state index in [9.17, 15) is 5.11 Å². The van der Waals surface area contributed by atoms with Crippen molar-refractivity contribution in [2.75, 3.05) is 12.4 Å². The molecule has 0 radical (unpaired) electrons. The van der Waals surface area contributed by atoms with Gasteiger partial charge in [-0.25, -0.2) is 0 Å². The van der Waals surface area contributed by atoms with Crippen molar-refractivity contribution in [3.8, 4) is 11.5 Å². The lowest BCUT2D eigenvalue weighted by atomic mass is 9.87. The van der Waals surface area contributed by atoms with Gasteiger partial charge in [0.05, 0.1) is 7.11 Å². The smallest absolute Gasteiger partial charge is 0.160 e. The molecule has 1 saturated carbocycles. The van der Waals surface area contributed by atoms with Crippen molar-refractivity contribution in [3.05, 3.63) is 18.2 Å². The molecule has 0 aromatic heterocycles. The monoisotopic (exact) mass is 235 g/mol. The fourth-order valence-corrected chi connectivity index (χ4v) is 2.42. The van der Waals surface area contributed by atoms with Crippen molar-refractivity contribution < 1.29 is 9.84 Å². The van der Waals surface area contributed by atoms with Gasteiger partial charge >= 0.3 is 0 Å². The molecule has 0 saturated heterocycles. The second kappa shape index (κ2) is 5.30. The van der Waals surface area contributed by atoms with Crippen LogP contribution in [0.5, 0.6) is 11.5 Å². The van der Waals surface area contributed by atoms with E-state index in [4.69, 9.17) is 4.74 Å². The average Bonchev–Trinajstić information content (AvgIpc) is 2.32. The fraction of sp³-hybridized carbons (Fsp3) is 0.571. The fourth-order valence-electron chi connectivity index (χ4n) is 2.42. The first-order valence-electron chi connectivity index (χ1n) is 6.32. The summed E-state index contributed by atoms with van der Waals surface area (Å²) in [4.78, 5) is 0. The molecule has 94 valence electrons. The Morgan fingerprint density at radius 3 is 2.53 bits per heavy atom. The maximum Gasteiger partial charge on any atom is 0.160 e. The summed E-state index contributed by atoms with van der Waals surface area (Å²) in [5.74, 6) is 1.58. The summed E-state index contributed by atoms with van der Waals surface area (Å²) >= 11 is 0. The molecule has 0 unspecified atom stereocenters. The Hall–Kier alpha value is -1.38. The summed E-state index contributed by atoms with van der Waals surface area (Å²) in [6.45, 7) is 2.31. The van der Waals surface area contributed by atoms with Gasteiger partial charge in [-0.3, -0.25) is 0 Å². The van der Waals surface area contributed by atoms with E-state index in [1.807, 2.05) is 6.07 Å². The summed E-state index contributed by atoms with van der Waals surface area (Å²) in [5.41, 5.74) is 0.975. The molecule has 2 N–H and O–H groups in total. The topological polar surface area (TPSA) is 41.5 Å². The molecule has 0 aliphatic heterocycles. The highest BCUT2D eigenvalue weighted by Gasteiger charge is 2.18. The molecular weight excluding hydrogens is 214 g/mol. The molecule has 2 rings (SSSR count). The predicted molar refractivity (Wildman–Crippen MR) is 69.7 cm³/mol. The van der Waals surface area contributed by atoms with Gasteiger partial charge < -0.3 is 15.2 Å². The predicted octanol–water partition coefficient (Wildman–Crippen LogP) is 3.39. The number of hydrogen-bond acceptors (Lipinski definition) is 3. The van der Waals surface area contributed by atoms with E-state index in [-0.39, 0.29) is 5.75 Å². The highest BCUT2D eigenvalue weighted by Crippen LogP contribution is 2.31. The first-order chi connectivity index (χ1) is 8.19. The third-order valence-electron chi connectivity index (χ3n) is 3.57. The van der Waals surface area contributed by atoms with Crippen LogP contribution in [0.25, 0.3) is 0 Å². The number of ether oxygens (including phenoxy) is 1. The van der Waals surface area contributed by atoms with Crippen molar-refractivity contribution in [2.45, 2.75) is 38.6 Å². The van der Waals surface area contributed by atoms with Gasteiger partial charge in [-0.15, -0.1) is 0 Å². The number of rotatable bonds is 3. The molecule has 0 spiro atoms. The first-order valence-corrected chi connectivity index (χ1v) is 6.32. The molecule has 0 amide bonds. The van der Waals surface area contributed by atoms with E-state index >= 15 is 0 Å². The Morgan fingerprint density at radius 1 is 1.24 bits per heavy atom. The van der Waals surface area contributed by atoms with Crippen molar-refractivity contribution in [1.29, 1.82) is 0 Å². The minimum atomic E-state index is 0.196. The van der Waals surface area contributed by atoms with Crippen LogP contribution in [-0.4, -0.2) is 18.3 Å². The molecule has 1 aromatic carbocycles.